The molecule has 5 nitrogen and oxygen atoms in total. The third kappa shape index (κ3) is 3.90. The lowest BCUT2D eigenvalue weighted by Gasteiger charge is -2.27. The lowest BCUT2D eigenvalue weighted by Crippen LogP contribution is -2.54. The molecule has 6 heteroatoms. The van der Waals surface area contributed by atoms with Gasteiger partial charge < -0.3 is 0 Å². The molecule has 4 amide bonds. The van der Waals surface area contributed by atoms with Gasteiger partial charge in [-0.2, -0.15) is 0 Å². The van der Waals surface area contributed by atoms with Crippen molar-refractivity contribution in [2.24, 2.45) is 0 Å². The van der Waals surface area contributed by atoms with E-state index in [0.717, 1.165) is 25.8 Å². The fourth-order valence-electron chi connectivity index (χ4n) is 3.15. The lowest BCUT2D eigenvalue weighted by atomic mass is 10.1. The number of nitrogens with one attached hydrogen (secondary N) is 1. The fraction of sp³-hybridized carbons (Fsp3) is 0.0417. The van der Waals surface area contributed by atoms with Crippen LogP contribution in [0.3, 0.4) is 0 Å². The van der Waals surface area contributed by atoms with Crippen LogP contribution in [0.5, 0.6) is 0 Å². The highest BCUT2D eigenvalue weighted by molar-refractivity contribution is 7.99. The summed E-state index contributed by atoms with van der Waals surface area (Å²) in [5.74, 6) is -1.34. The van der Waals surface area contributed by atoms with E-state index in [4.69, 9.17) is 0 Å². The van der Waals surface area contributed by atoms with Crippen molar-refractivity contribution < 1.29 is 14.4 Å². The van der Waals surface area contributed by atoms with Gasteiger partial charge in [0.1, 0.15) is 5.57 Å². The van der Waals surface area contributed by atoms with Gasteiger partial charge in [-0.15, -0.1) is 0 Å². The summed E-state index contributed by atoms with van der Waals surface area (Å²) in [7, 11) is 0. The number of barbiturate groups is 1. The van der Waals surface area contributed by atoms with Gasteiger partial charge in [0.2, 0.25) is 0 Å². The van der Waals surface area contributed by atoms with Crippen LogP contribution < -0.4 is 10.2 Å². The first-order valence-corrected chi connectivity index (χ1v) is 10.2. The Morgan fingerprint density at radius 3 is 2.27 bits per heavy atom. The van der Waals surface area contributed by atoms with Crippen LogP contribution in [0.25, 0.3) is 6.08 Å². The van der Waals surface area contributed by atoms with Crippen molar-refractivity contribution in [2.45, 2.75) is 16.7 Å². The molecule has 1 aliphatic rings. The average molecular weight is 414 g/mol. The molecule has 1 N–H and O–H groups in total. The van der Waals surface area contributed by atoms with Crippen molar-refractivity contribution in [3.8, 4) is 0 Å². The summed E-state index contributed by atoms with van der Waals surface area (Å²) in [5.41, 5.74) is 1.85. The number of hydrogen-bond acceptors (Lipinski definition) is 4. The zero-order valence-corrected chi connectivity index (χ0v) is 17.0. The molecule has 1 aliphatic heterocycles. The van der Waals surface area contributed by atoms with E-state index in [0.29, 0.717) is 5.69 Å². The number of hydrogen-bond donors (Lipinski definition) is 1. The molecule has 3 aromatic carbocycles. The molecule has 4 rings (SSSR count). The smallest absolute Gasteiger partial charge is 0.273 e. The van der Waals surface area contributed by atoms with Gasteiger partial charge in [-0.25, -0.2) is 9.69 Å². The Kier molecular flexibility index (Phi) is 5.50. The summed E-state index contributed by atoms with van der Waals surface area (Å²) in [5, 5.41) is 2.28. The largest absolute Gasteiger partial charge is 0.335 e. The minimum atomic E-state index is -0.747. The van der Waals surface area contributed by atoms with Gasteiger partial charge in [0.15, 0.2) is 0 Å². The van der Waals surface area contributed by atoms with E-state index in [1.807, 2.05) is 73.7 Å². The van der Waals surface area contributed by atoms with Crippen molar-refractivity contribution >= 4 is 41.4 Å². The molecule has 1 heterocycles. The number of amides is 4. The highest BCUT2D eigenvalue weighted by Gasteiger charge is 2.37. The predicted octanol–water partition coefficient (Wildman–Crippen LogP) is 4.81. The molecule has 0 radical (unpaired) electrons. The molecule has 0 unspecified atom stereocenters. The number of imide groups is 2. The summed E-state index contributed by atoms with van der Waals surface area (Å²) in [4.78, 5) is 41.0. The van der Waals surface area contributed by atoms with E-state index < -0.39 is 17.8 Å². The van der Waals surface area contributed by atoms with Crippen LogP contribution in [0.1, 0.15) is 11.1 Å². The zero-order valence-electron chi connectivity index (χ0n) is 16.2. The second-order valence-corrected chi connectivity index (χ2v) is 7.81. The monoisotopic (exact) mass is 414 g/mol. The number of benzene rings is 3. The molecule has 0 bridgehead atoms. The molecule has 0 saturated carbocycles. The van der Waals surface area contributed by atoms with E-state index in [9.17, 15) is 14.4 Å². The predicted molar refractivity (Wildman–Crippen MR) is 117 cm³/mol. The summed E-state index contributed by atoms with van der Waals surface area (Å²) < 4.78 is 0. The first kappa shape index (κ1) is 19.7. The second kappa shape index (κ2) is 8.39. The summed E-state index contributed by atoms with van der Waals surface area (Å²) >= 11 is 1.54. The molecule has 0 atom stereocenters. The van der Waals surface area contributed by atoms with Crippen LogP contribution in [0, 0.1) is 6.92 Å². The maximum absolute atomic E-state index is 13.1. The third-order valence-electron chi connectivity index (χ3n) is 4.65. The number of urea groups is 1. The molecule has 1 saturated heterocycles. The summed E-state index contributed by atoms with van der Waals surface area (Å²) in [6, 6.07) is 23.7. The fourth-order valence-corrected chi connectivity index (χ4v) is 4.09. The van der Waals surface area contributed by atoms with Crippen LogP contribution in [0.2, 0.25) is 0 Å². The van der Waals surface area contributed by atoms with Crippen LogP contribution in [0.4, 0.5) is 10.5 Å². The SMILES string of the molecule is Cc1ccccc1N1C(=O)NC(=O)/C(=C\c2ccccc2Sc2ccccc2)C1=O. The topological polar surface area (TPSA) is 66.5 Å². The molecule has 148 valence electrons. The van der Waals surface area contributed by atoms with Crippen LogP contribution in [-0.2, 0) is 9.59 Å². The van der Waals surface area contributed by atoms with Crippen molar-refractivity contribution in [2.75, 3.05) is 4.90 Å². The maximum Gasteiger partial charge on any atom is 0.335 e. The Hall–Kier alpha value is -3.64. The highest BCUT2D eigenvalue weighted by Crippen LogP contribution is 2.32. The van der Waals surface area contributed by atoms with Crippen LogP contribution in [-0.4, -0.2) is 17.8 Å². The van der Waals surface area contributed by atoms with E-state index in [-0.39, 0.29) is 5.57 Å². The summed E-state index contributed by atoms with van der Waals surface area (Å²) in [6.07, 6.45) is 1.54. The van der Waals surface area contributed by atoms with Gasteiger partial charge in [0, 0.05) is 9.79 Å². The van der Waals surface area contributed by atoms with Crippen molar-refractivity contribution in [1.29, 1.82) is 0 Å². The van der Waals surface area contributed by atoms with E-state index in [1.165, 1.54) is 11.8 Å². The van der Waals surface area contributed by atoms with Gasteiger partial charge in [-0.3, -0.25) is 14.9 Å². The summed E-state index contributed by atoms with van der Waals surface area (Å²) in [6.45, 7) is 1.81. The van der Waals surface area contributed by atoms with Crippen molar-refractivity contribution in [3.63, 3.8) is 0 Å². The number of rotatable bonds is 4. The number of aryl methyl sites for hydroxylation is 1. The first-order valence-electron chi connectivity index (χ1n) is 9.33. The minimum absolute atomic E-state index is 0.0843. The van der Waals surface area contributed by atoms with Crippen molar-refractivity contribution in [1.82, 2.24) is 5.32 Å². The standard InChI is InChI=1S/C24H18N2O3S/c1-16-9-5-7-13-20(16)26-23(28)19(22(27)25-24(26)29)15-17-10-6-8-14-21(17)30-18-11-3-2-4-12-18/h2-15H,1H3,(H,25,27,29)/b19-15+. The molecule has 30 heavy (non-hydrogen) atoms. The molecule has 0 aliphatic carbocycles. The molecule has 0 spiro atoms. The van der Waals surface area contributed by atoms with E-state index >= 15 is 0 Å². The first-order chi connectivity index (χ1) is 14.5. The van der Waals surface area contributed by atoms with E-state index in [1.54, 1.807) is 18.2 Å². The molecule has 0 aromatic heterocycles. The number of carbonyl (C=O) groups is 3. The van der Waals surface area contributed by atoms with Gasteiger partial charge >= 0.3 is 6.03 Å². The normalized spacial score (nSPS) is 15.4. The van der Waals surface area contributed by atoms with Gasteiger partial charge in [-0.05, 0) is 48.4 Å². The Morgan fingerprint density at radius 2 is 1.50 bits per heavy atom. The number of carbonyl (C=O) groups excluding carboxylic acids is 3. The van der Waals surface area contributed by atoms with Crippen molar-refractivity contribution in [3.05, 3.63) is 95.6 Å². The Balaban J connectivity index is 1.73. The van der Waals surface area contributed by atoms with Gasteiger partial charge in [0.25, 0.3) is 11.8 Å². The molecular formula is C24H18N2O3S. The zero-order chi connectivity index (χ0) is 21.1. The van der Waals surface area contributed by atoms with Crippen LogP contribution in [0.15, 0.2) is 94.2 Å². The van der Waals surface area contributed by atoms with Crippen LogP contribution >= 0.6 is 11.8 Å². The quantitative estimate of drug-likeness (QED) is 0.491. The third-order valence-corrected chi connectivity index (χ3v) is 5.75. The lowest BCUT2D eigenvalue weighted by molar-refractivity contribution is -0.122. The van der Waals surface area contributed by atoms with Gasteiger partial charge in [0.05, 0.1) is 5.69 Å². The van der Waals surface area contributed by atoms with Gasteiger partial charge in [-0.1, -0.05) is 66.4 Å². The highest BCUT2D eigenvalue weighted by atomic mass is 32.2. The maximum atomic E-state index is 13.1. The molecule has 1 fully saturated rings. The Morgan fingerprint density at radius 1 is 0.833 bits per heavy atom. The minimum Gasteiger partial charge on any atom is -0.273 e. The Bertz CT molecular complexity index is 1170. The number of anilines is 1. The second-order valence-electron chi connectivity index (χ2n) is 6.70. The molecular weight excluding hydrogens is 396 g/mol. The molecule has 3 aromatic rings. The van der Waals surface area contributed by atoms with E-state index in [2.05, 4.69) is 5.32 Å². The number of nitrogens with zero attached hydrogens (tertiary/aromatic N) is 1. The number of para-hydroxylation sites is 1. The average Bonchev–Trinajstić information content (AvgIpc) is 2.74. The Labute approximate surface area is 178 Å².